The molecule has 1 fully saturated rings. The minimum absolute atomic E-state index is 0. The van der Waals surface area contributed by atoms with Crippen molar-refractivity contribution in [3.05, 3.63) is 0 Å². The number of hydrogen-bond donors (Lipinski definition) is 2. The van der Waals surface area contributed by atoms with Crippen LogP contribution in [0.15, 0.2) is 4.99 Å². The van der Waals surface area contributed by atoms with Crippen LogP contribution in [-0.4, -0.2) is 56.5 Å². The Morgan fingerprint density at radius 1 is 1.35 bits per heavy atom. The molecule has 1 heterocycles. The quantitative estimate of drug-likeness (QED) is 0.360. The topological polar surface area (TPSA) is 70.6 Å². The van der Waals surface area contributed by atoms with Crippen LogP contribution < -0.4 is 10.6 Å². The Hall–Kier alpha value is 0.300. The van der Waals surface area contributed by atoms with Crippen molar-refractivity contribution in [2.45, 2.75) is 31.9 Å². The second-order valence-corrected chi connectivity index (χ2v) is 8.40. The van der Waals surface area contributed by atoms with E-state index in [-0.39, 0.29) is 35.5 Å². The molecule has 1 atom stereocenters. The molecule has 0 spiro atoms. The van der Waals surface area contributed by atoms with Crippen molar-refractivity contribution in [3.8, 4) is 0 Å². The molecule has 8 heteroatoms. The van der Waals surface area contributed by atoms with Gasteiger partial charge in [0, 0.05) is 24.1 Å². The smallest absolute Gasteiger partial charge is 0.191 e. The van der Waals surface area contributed by atoms with Gasteiger partial charge in [-0.3, -0.25) is 4.99 Å². The van der Waals surface area contributed by atoms with Gasteiger partial charge in [0.1, 0.15) is 0 Å². The normalized spacial score (nSPS) is 19.5. The number of guanidine groups is 1. The second kappa shape index (κ2) is 10.9. The van der Waals surface area contributed by atoms with Crippen LogP contribution in [0.4, 0.5) is 0 Å². The molecule has 1 saturated heterocycles. The van der Waals surface area contributed by atoms with E-state index in [0.29, 0.717) is 11.8 Å². The molecule has 1 aliphatic rings. The zero-order valence-electron chi connectivity index (χ0n) is 12.2. The van der Waals surface area contributed by atoms with Gasteiger partial charge >= 0.3 is 0 Å². The van der Waals surface area contributed by atoms with E-state index in [2.05, 4.69) is 15.6 Å². The predicted octanol–water partition coefficient (Wildman–Crippen LogP) is 1.49. The Morgan fingerprint density at radius 3 is 2.65 bits per heavy atom. The van der Waals surface area contributed by atoms with Crippen molar-refractivity contribution >= 4 is 51.5 Å². The average Bonchev–Trinajstić information content (AvgIpc) is 2.89. The largest absolute Gasteiger partial charge is 0.357 e. The van der Waals surface area contributed by atoms with E-state index in [4.69, 9.17) is 0 Å². The molecule has 0 aromatic heterocycles. The highest BCUT2D eigenvalue weighted by Gasteiger charge is 2.15. The first-order valence-electron chi connectivity index (χ1n) is 6.91. The summed E-state index contributed by atoms with van der Waals surface area (Å²) in [6, 6.07) is 0. The fourth-order valence-electron chi connectivity index (χ4n) is 1.79. The van der Waals surface area contributed by atoms with E-state index in [0.717, 1.165) is 19.0 Å². The molecule has 1 aliphatic heterocycles. The Kier molecular flexibility index (Phi) is 11.1. The highest BCUT2D eigenvalue weighted by atomic mass is 127. The lowest BCUT2D eigenvalue weighted by molar-refractivity contribution is 0.595. The Bertz CT molecular complexity index is 382. The van der Waals surface area contributed by atoms with Crippen molar-refractivity contribution < 1.29 is 8.42 Å². The summed E-state index contributed by atoms with van der Waals surface area (Å²) in [5.74, 6) is 2.31. The molecule has 0 amide bonds. The summed E-state index contributed by atoms with van der Waals surface area (Å²) < 4.78 is 22.8. The SMILES string of the molecule is CCNC(=NCC1CCCS1)NCCS(=O)(=O)CC.I. The molecule has 0 bridgehead atoms. The van der Waals surface area contributed by atoms with Crippen LogP contribution in [-0.2, 0) is 9.84 Å². The van der Waals surface area contributed by atoms with Gasteiger partial charge in [-0.15, -0.1) is 24.0 Å². The number of nitrogens with one attached hydrogen (secondary N) is 2. The highest BCUT2D eigenvalue weighted by Crippen LogP contribution is 2.25. The van der Waals surface area contributed by atoms with E-state index >= 15 is 0 Å². The van der Waals surface area contributed by atoms with Crippen molar-refractivity contribution in [1.82, 2.24) is 10.6 Å². The van der Waals surface area contributed by atoms with Crippen LogP contribution in [0.2, 0.25) is 0 Å². The number of sulfone groups is 1. The Balaban J connectivity index is 0.00000361. The number of halogens is 1. The second-order valence-electron chi connectivity index (χ2n) is 4.52. The zero-order chi connectivity index (χ0) is 14.1. The maximum atomic E-state index is 11.4. The summed E-state index contributed by atoms with van der Waals surface area (Å²) >= 11 is 1.98. The molecule has 0 radical (unpaired) electrons. The number of aliphatic imine (C=N–C) groups is 1. The van der Waals surface area contributed by atoms with Crippen LogP contribution in [0.5, 0.6) is 0 Å². The van der Waals surface area contributed by atoms with E-state index in [1.165, 1.54) is 18.6 Å². The number of hydrogen-bond acceptors (Lipinski definition) is 4. The summed E-state index contributed by atoms with van der Waals surface area (Å²) in [6.45, 7) is 5.68. The van der Waals surface area contributed by atoms with Crippen LogP contribution in [0.3, 0.4) is 0 Å². The average molecular weight is 435 g/mol. The van der Waals surface area contributed by atoms with Gasteiger partial charge in [0.2, 0.25) is 0 Å². The third kappa shape index (κ3) is 8.56. The first kappa shape index (κ1) is 20.3. The lowest BCUT2D eigenvalue weighted by Crippen LogP contribution is -2.40. The standard InChI is InChI=1S/C12H25N3O2S2.HI/c1-3-13-12(14-7-9-19(16,17)4-2)15-10-11-6-5-8-18-11;/h11H,3-10H2,1-2H3,(H2,13,14,15);1H. The van der Waals surface area contributed by atoms with E-state index < -0.39 is 9.84 Å². The van der Waals surface area contributed by atoms with Gasteiger partial charge in [0.25, 0.3) is 0 Å². The molecule has 1 unspecified atom stereocenters. The van der Waals surface area contributed by atoms with Gasteiger partial charge in [0.15, 0.2) is 15.8 Å². The van der Waals surface area contributed by atoms with E-state index in [9.17, 15) is 8.42 Å². The molecule has 0 saturated carbocycles. The van der Waals surface area contributed by atoms with Crippen LogP contribution in [0.1, 0.15) is 26.7 Å². The van der Waals surface area contributed by atoms with Crippen molar-refractivity contribution in [3.63, 3.8) is 0 Å². The molecule has 1 rings (SSSR count). The summed E-state index contributed by atoms with van der Waals surface area (Å²) in [6.07, 6.45) is 2.52. The first-order chi connectivity index (χ1) is 9.07. The fraction of sp³-hybridized carbons (Fsp3) is 0.917. The predicted molar refractivity (Wildman–Crippen MR) is 99.2 cm³/mol. The van der Waals surface area contributed by atoms with E-state index in [1.54, 1.807) is 6.92 Å². The lowest BCUT2D eigenvalue weighted by Gasteiger charge is -2.12. The number of thioether (sulfide) groups is 1. The minimum Gasteiger partial charge on any atom is -0.357 e. The maximum absolute atomic E-state index is 11.4. The number of rotatable bonds is 7. The molecule has 20 heavy (non-hydrogen) atoms. The van der Waals surface area contributed by atoms with Gasteiger partial charge in [-0.2, -0.15) is 11.8 Å². The monoisotopic (exact) mass is 435 g/mol. The van der Waals surface area contributed by atoms with Gasteiger partial charge < -0.3 is 10.6 Å². The Morgan fingerprint density at radius 2 is 2.10 bits per heavy atom. The molecule has 0 aromatic carbocycles. The first-order valence-corrected chi connectivity index (χ1v) is 9.78. The number of nitrogens with zero attached hydrogens (tertiary/aromatic N) is 1. The fourth-order valence-corrected chi connectivity index (χ4v) is 3.67. The van der Waals surface area contributed by atoms with Crippen molar-refractivity contribution in [1.29, 1.82) is 0 Å². The molecular formula is C12H26IN3O2S2. The van der Waals surface area contributed by atoms with Gasteiger partial charge in [0.05, 0.1) is 12.3 Å². The molecule has 5 nitrogen and oxygen atoms in total. The summed E-state index contributed by atoms with van der Waals surface area (Å²) in [5, 5.41) is 6.85. The molecular weight excluding hydrogens is 409 g/mol. The summed E-state index contributed by atoms with van der Waals surface area (Å²) in [5.41, 5.74) is 0. The Labute approximate surface area is 144 Å². The van der Waals surface area contributed by atoms with Crippen molar-refractivity contribution in [2.75, 3.05) is 36.9 Å². The highest BCUT2D eigenvalue weighted by molar-refractivity contribution is 14.0. The van der Waals surface area contributed by atoms with Crippen LogP contribution in [0, 0.1) is 0 Å². The van der Waals surface area contributed by atoms with Crippen molar-refractivity contribution in [2.24, 2.45) is 4.99 Å². The maximum Gasteiger partial charge on any atom is 0.191 e. The molecule has 2 N–H and O–H groups in total. The molecule has 0 aliphatic carbocycles. The third-order valence-corrected chi connectivity index (χ3v) is 6.05. The summed E-state index contributed by atoms with van der Waals surface area (Å²) in [4.78, 5) is 4.52. The van der Waals surface area contributed by atoms with Crippen LogP contribution >= 0.6 is 35.7 Å². The molecule has 0 aromatic rings. The van der Waals surface area contributed by atoms with Gasteiger partial charge in [-0.25, -0.2) is 8.42 Å². The van der Waals surface area contributed by atoms with Gasteiger partial charge in [-0.05, 0) is 25.5 Å². The lowest BCUT2D eigenvalue weighted by atomic mass is 10.2. The van der Waals surface area contributed by atoms with Gasteiger partial charge in [-0.1, -0.05) is 6.92 Å². The summed E-state index contributed by atoms with van der Waals surface area (Å²) in [7, 11) is -2.91. The van der Waals surface area contributed by atoms with Crippen LogP contribution in [0.25, 0.3) is 0 Å². The molecule has 120 valence electrons. The van der Waals surface area contributed by atoms with E-state index in [1.807, 2.05) is 18.7 Å². The third-order valence-electron chi connectivity index (χ3n) is 2.97. The minimum atomic E-state index is -2.91. The zero-order valence-corrected chi connectivity index (χ0v) is 16.2.